The molecule has 2 aromatic rings. The van der Waals surface area contributed by atoms with Crippen molar-refractivity contribution in [1.82, 2.24) is 4.98 Å². The largest absolute Gasteiger partial charge is 0.248 e. The van der Waals surface area contributed by atoms with Crippen LogP contribution in [0.15, 0.2) is 36.5 Å². The fraction of sp³-hybridized carbons (Fsp3) is 0.357. The van der Waals surface area contributed by atoms with Gasteiger partial charge in [0.1, 0.15) is 5.01 Å². The van der Waals surface area contributed by atoms with Gasteiger partial charge >= 0.3 is 0 Å². The van der Waals surface area contributed by atoms with Crippen LogP contribution in [-0.4, -0.2) is 4.98 Å². The summed E-state index contributed by atoms with van der Waals surface area (Å²) in [5.74, 6) is 0.572. The lowest BCUT2D eigenvalue weighted by molar-refractivity contribution is 0.300. The molecule has 0 amide bonds. The zero-order valence-electron chi connectivity index (χ0n) is 9.53. The molecule has 88 valence electrons. The van der Waals surface area contributed by atoms with Gasteiger partial charge in [-0.15, -0.1) is 22.9 Å². The van der Waals surface area contributed by atoms with E-state index in [-0.39, 0.29) is 5.41 Å². The summed E-state index contributed by atoms with van der Waals surface area (Å²) >= 11 is 7.64. The molecule has 0 unspecified atom stereocenters. The van der Waals surface area contributed by atoms with Crippen LogP contribution in [0.1, 0.15) is 34.7 Å². The maximum absolute atomic E-state index is 5.87. The molecule has 1 aromatic carbocycles. The van der Waals surface area contributed by atoms with E-state index in [9.17, 15) is 0 Å². The Kier molecular flexibility index (Phi) is 2.93. The minimum Gasteiger partial charge on any atom is -0.248 e. The third-order valence-electron chi connectivity index (χ3n) is 3.63. The monoisotopic (exact) mass is 263 g/mol. The van der Waals surface area contributed by atoms with E-state index in [1.165, 1.54) is 34.7 Å². The summed E-state index contributed by atoms with van der Waals surface area (Å²) in [6.45, 7) is 0. The molecule has 3 rings (SSSR count). The van der Waals surface area contributed by atoms with Gasteiger partial charge in [0, 0.05) is 16.5 Å². The van der Waals surface area contributed by atoms with Gasteiger partial charge in [0.05, 0.1) is 5.88 Å². The molecule has 1 nitrogen and oxygen atoms in total. The highest BCUT2D eigenvalue weighted by molar-refractivity contribution is 7.12. The maximum Gasteiger partial charge on any atom is 0.103 e. The highest BCUT2D eigenvalue weighted by Gasteiger charge is 2.42. The van der Waals surface area contributed by atoms with Gasteiger partial charge in [-0.3, -0.25) is 0 Å². The Hall–Kier alpha value is -0.860. The quantitative estimate of drug-likeness (QED) is 0.750. The highest BCUT2D eigenvalue weighted by atomic mass is 35.5. The molecular formula is C14H14ClNS. The third kappa shape index (κ3) is 1.80. The van der Waals surface area contributed by atoms with E-state index in [1.807, 2.05) is 6.20 Å². The number of thiazole rings is 1. The summed E-state index contributed by atoms with van der Waals surface area (Å²) in [4.78, 5) is 5.76. The second-order valence-corrected chi connectivity index (χ2v) is 5.95. The van der Waals surface area contributed by atoms with Crippen LogP contribution in [-0.2, 0) is 11.3 Å². The molecule has 0 atom stereocenters. The first-order chi connectivity index (χ1) is 8.35. The molecule has 0 saturated heterocycles. The van der Waals surface area contributed by atoms with E-state index >= 15 is 0 Å². The summed E-state index contributed by atoms with van der Waals surface area (Å²) in [7, 11) is 0. The number of hydrogen-bond donors (Lipinski definition) is 0. The van der Waals surface area contributed by atoms with E-state index < -0.39 is 0 Å². The van der Waals surface area contributed by atoms with Crippen molar-refractivity contribution in [2.75, 3.05) is 0 Å². The fourth-order valence-corrected chi connectivity index (χ4v) is 3.77. The second kappa shape index (κ2) is 4.43. The first-order valence-electron chi connectivity index (χ1n) is 5.92. The summed E-state index contributed by atoms with van der Waals surface area (Å²) < 4.78 is 0. The molecule has 1 aromatic heterocycles. The van der Waals surface area contributed by atoms with Crippen LogP contribution in [0, 0.1) is 0 Å². The molecule has 17 heavy (non-hydrogen) atoms. The number of halogens is 1. The SMILES string of the molecule is ClCc1cnc(C2(c3ccccc3)CCC2)s1. The van der Waals surface area contributed by atoms with Crippen LogP contribution >= 0.6 is 22.9 Å². The summed E-state index contributed by atoms with van der Waals surface area (Å²) in [5, 5.41) is 1.24. The number of benzene rings is 1. The summed E-state index contributed by atoms with van der Waals surface area (Å²) in [6.07, 6.45) is 5.65. The van der Waals surface area contributed by atoms with E-state index in [0.29, 0.717) is 5.88 Å². The topological polar surface area (TPSA) is 12.9 Å². The van der Waals surface area contributed by atoms with E-state index in [2.05, 4.69) is 35.3 Å². The predicted molar refractivity (Wildman–Crippen MR) is 72.7 cm³/mol. The molecule has 0 spiro atoms. The van der Waals surface area contributed by atoms with Crippen LogP contribution < -0.4 is 0 Å². The van der Waals surface area contributed by atoms with Crippen LogP contribution in [0.2, 0.25) is 0 Å². The Balaban J connectivity index is 2.02. The van der Waals surface area contributed by atoms with Gasteiger partial charge in [0.2, 0.25) is 0 Å². The number of hydrogen-bond acceptors (Lipinski definition) is 2. The molecule has 1 fully saturated rings. The Labute approximate surface area is 110 Å². The predicted octanol–water partition coefficient (Wildman–Crippen LogP) is 4.35. The Morgan fingerprint density at radius 3 is 2.53 bits per heavy atom. The van der Waals surface area contributed by atoms with Gasteiger partial charge in [-0.25, -0.2) is 4.98 Å². The lowest BCUT2D eigenvalue weighted by Crippen LogP contribution is -2.35. The second-order valence-electron chi connectivity index (χ2n) is 4.57. The van der Waals surface area contributed by atoms with Crippen molar-refractivity contribution >= 4 is 22.9 Å². The zero-order valence-corrected chi connectivity index (χ0v) is 11.1. The summed E-state index contributed by atoms with van der Waals surface area (Å²) in [5.41, 5.74) is 1.58. The third-order valence-corrected chi connectivity index (χ3v) is 5.28. The van der Waals surface area contributed by atoms with Crippen molar-refractivity contribution in [2.24, 2.45) is 0 Å². The van der Waals surface area contributed by atoms with Gasteiger partial charge < -0.3 is 0 Å². The molecule has 3 heteroatoms. The van der Waals surface area contributed by atoms with Crippen LogP contribution in [0.25, 0.3) is 0 Å². The molecule has 0 aliphatic heterocycles. The normalized spacial score (nSPS) is 17.7. The van der Waals surface area contributed by atoms with Crippen molar-refractivity contribution in [3.8, 4) is 0 Å². The van der Waals surface area contributed by atoms with Gasteiger partial charge in [0.15, 0.2) is 0 Å². The fourth-order valence-electron chi connectivity index (χ4n) is 2.50. The van der Waals surface area contributed by atoms with Crippen molar-refractivity contribution in [3.05, 3.63) is 52.0 Å². The molecule has 1 aliphatic carbocycles. The van der Waals surface area contributed by atoms with Gasteiger partial charge in [-0.2, -0.15) is 0 Å². The zero-order chi connectivity index (χ0) is 11.7. The molecule has 1 aliphatic rings. The molecule has 0 radical (unpaired) electrons. The maximum atomic E-state index is 5.87. The van der Waals surface area contributed by atoms with Crippen molar-refractivity contribution in [2.45, 2.75) is 30.6 Å². The first-order valence-corrected chi connectivity index (χ1v) is 7.27. The van der Waals surface area contributed by atoms with Gasteiger partial charge in [-0.05, 0) is 18.4 Å². The Morgan fingerprint density at radius 1 is 1.24 bits per heavy atom. The number of rotatable bonds is 3. The summed E-state index contributed by atoms with van der Waals surface area (Å²) in [6, 6.07) is 10.8. The lowest BCUT2D eigenvalue weighted by atomic mass is 9.65. The Morgan fingerprint density at radius 2 is 2.00 bits per heavy atom. The van der Waals surface area contributed by atoms with Crippen molar-refractivity contribution in [3.63, 3.8) is 0 Å². The van der Waals surface area contributed by atoms with Crippen LogP contribution in [0.5, 0.6) is 0 Å². The first kappa shape index (κ1) is 11.2. The van der Waals surface area contributed by atoms with Crippen LogP contribution in [0.3, 0.4) is 0 Å². The lowest BCUT2D eigenvalue weighted by Gasteiger charge is -2.40. The minimum absolute atomic E-state index is 0.177. The molecule has 1 saturated carbocycles. The molecule has 0 bridgehead atoms. The van der Waals surface area contributed by atoms with E-state index in [1.54, 1.807) is 11.3 Å². The van der Waals surface area contributed by atoms with Crippen molar-refractivity contribution in [1.29, 1.82) is 0 Å². The molecule has 0 N–H and O–H groups in total. The molecule has 1 heterocycles. The van der Waals surface area contributed by atoms with Crippen molar-refractivity contribution < 1.29 is 0 Å². The minimum atomic E-state index is 0.177. The highest BCUT2D eigenvalue weighted by Crippen LogP contribution is 2.50. The Bertz CT molecular complexity index is 502. The van der Waals surface area contributed by atoms with Crippen LogP contribution in [0.4, 0.5) is 0 Å². The van der Waals surface area contributed by atoms with E-state index in [4.69, 9.17) is 11.6 Å². The number of aromatic nitrogens is 1. The number of nitrogens with zero attached hydrogens (tertiary/aromatic N) is 1. The van der Waals surface area contributed by atoms with Gasteiger partial charge in [-0.1, -0.05) is 36.8 Å². The average molecular weight is 264 g/mol. The average Bonchev–Trinajstić information content (AvgIpc) is 2.78. The number of alkyl halides is 1. The standard InChI is InChI=1S/C14H14ClNS/c15-9-12-10-16-13(17-12)14(7-4-8-14)11-5-2-1-3-6-11/h1-3,5-6,10H,4,7-9H2. The van der Waals surface area contributed by atoms with E-state index in [0.717, 1.165) is 0 Å². The molecular weight excluding hydrogens is 250 g/mol. The smallest absolute Gasteiger partial charge is 0.103 e. The van der Waals surface area contributed by atoms with Gasteiger partial charge in [0.25, 0.3) is 0 Å².